The summed E-state index contributed by atoms with van der Waals surface area (Å²) < 4.78 is 23.9. The first kappa shape index (κ1) is 20.2. The first-order valence-corrected chi connectivity index (χ1v) is 10.6. The minimum absolute atomic E-state index is 0.0134. The molecule has 0 aliphatic heterocycles. The second-order valence-electron chi connectivity index (χ2n) is 7.22. The molecule has 0 radical (unpaired) electrons. The number of carbonyl (C=O) groups excluding carboxylic acids is 2. The van der Waals surface area contributed by atoms with Crippen molar-refractivity contribution in [1.29, 1.82) is 0 Å². The number of amides is 2. The molecule has 1 fully saturated rings. The molecule has 30 heavy (non-hydrogen) atoms. The minimum atomic E-state index is -1.17. The Morgan fingerprint density at radius 1 is 1.23 bits per heavy atom. The summed E-state index contributed by atoms with van der Waals surface area (Å²) in [6, 6.07) is 8.24. The molecule has 3 aromatic rings. The van der Waals surface area contributed by atoms with Crippen LogP contribution in [0.5, 0.6) is 0 Å². The number of nitrogens with one attached hydrogen (secondary N) is 1. The summed E-state index contributed by atoms with van der Waals surface area (Å²) in [4.78, 5) is 27.9. The summed E-state index contributed by atoms with van der Waals surface area (Å²) in [5, 5.41) is 8.35. The van der Waals surface area contributed by atoms with E-state index < -0.39 is 23.7 Å². The second kappa shape index (κ2) is 9.17. The van der Waals surface area contributed by atoms with E-state index in [1.165, 1.54) is 28.7 Å². The largest absolute Gasteiger partial charge is 0.467 e. The van der Waals surface area contributed by atoms with Crippen molar-refractivity contribution in [2.45, 2.75) is 44.3 Å². The molecule has 1 atom stereocenters. The van der Waals surface area contributed by atoms with Crippen LogP contribution in [0.15, 0.2) is 52.5 Å². The van der Waals surface area contributed by atoms with Crippen LogP contribution in [0.4, 0.5) is 4.39 Å². The van der Waals surface area contributed by atoms with Crippen molar-refractivity contribution in [2.75, 3.05) is 0 Å². The molecule has 2 heterocycles. The number of carbonyl (C=O) groups is 2. The van der Waals surface area contributed by atoms with E-state index in [4.69, 9.17) is 4.42 Å². The van der Waals surface area contributed by atoms with E-state index in [1.807, 2.05) is 0 Å². The number of benzene rings is 1. The SMILES string of the molecule is O=C(NC1CCCC1)C(c1ccccc1F)N(Cc1ccco1)C(=O)c1csnn1. The molecule has 4 rings (SSSR count). The first-order valence-electron chi connectivity index (χ1n) is 9.78. The Bertz CT molecular complexity index is 988. The number of halogens is 1. The Kier molecular flexibility index (Phi) is 6.18. The van der Waals surface area contributed by atoms with Crippen molar-refractivity contribution in [2.24, 2.45) is 0 Å². The molecule has 2 aromatic heterocycles. The highest BCUT2D eigenvalue weighted by Crippen LogP contribution is 2.29. The second-order valence-corrected chi connectivity index (χ2v) is 7.83. The van der Waals surface area contributed by atoms with Gasteiger partial charge < -0.3 is 14.6 Å². The van der Waals surface area contributed by atoms with Crippen molar-refractivity contribution in [3.05, 3.63) is 70.9 Å². The van der Waals surface area contributed by atoms with Gasteiger partial charge in [-0.2, -0.15) is 0 Å². The lowest BCUT2D eigenvalue weighted by molar-refractivity contribution is -0.127. The van der Waals surface area contributed by atoms with Crippen LogP contribution in [0.3, 0.4) is 0 Å². The van der Waals surface area contributed by atoms with Gasteiger partial charge in [-0.3, -0.25) is 9.59 Å². The molecule has 0 spiro atoms. The van der Waals surface area contributed by atoms with Gasteiger partial charge in [-0.15, -0.1) is 5.10 Å². The van der Waals surface area contributed by atoms with Crippen molar-refractivity contribution in [3.8, 4) is 0 Å². The smallest absolute Gasteiger partial charge is 0.276 e. The molecule has 1 N–H and O–H groups in total. The number of nitrogens with zero attached hydrogens (tertiary/aromatic N) is 3. The van der Waals surface area contributed by atoms with Crippen LogP contribution in [0.25, 0.3) is 0 Å². The molecule has 0 bridgehead atoms. The maximum Gasteiger partial charge on any atom is 0.276 e. The predicted octanol–water partition coefficient (Wildman–Crippen LogP) is 3.71. The normalized spacial score (nSPS) is 15.1. The van der Waals surface area contributed by atoms with Crippen LogP contribution < -0.4 is 5.32 Å². The van der Waals surface area contributed by atoms with E-state index >= 15 is 0 Å². The lowest BCUT2D eigenvalue weighted by Crippen LogP contribution is -2.46. The lowest BCUT2D eigenvalue weighted by atomic mass is 10.0. The van der Waals surface area contributed by atoms with Gasteiger partial charge in [0.1, 0.15) is 17.6 Å². The number of rotatable bonds is 7. The van der Waals surface area contributed by atoms with E-state index in [1.54, 1.807) is 24.3 Å². The molecule has 1 aliphatic carbocycles. The fraction of sp³-hybridized carbons (Fsp3) is 0.333. The van der Waals surface area contributed by atoms with E-state index in [9.17, 15) is 14.0 Å². The van der Waals surface area contributed by atoms with E-state index in [2.05, 4.69) is 14.9 Å². The van der Waals surface area contributed by atoms with Crippen molar-refractivity contribution >= 4 is 23.3 Å². The van der Waals surface area contributed by atoms with Gasteiger partial charge in [-0.1, -0.05) is 35.5 Å². The van der Waals surface area contributed by atoms with Gasteiger partial charge in [-0.25, -0.2) is 4.39 Å². The van der Waals surface area contributed by atoms with Crippen LogP contribution in [0.1, 0.15) is 53.5 Å². The average Bonchev–Trinajstić information content (AvgIpc) is 3.52. The molecular weight excluding hydrogens is 407 g/mol. The molecule has 1 aromatic carbocycles. The zero-order valence-corrected chi connectivity index (χ0v) is 17.0. The third kappa shape index (κ3) is 4.40. The van der Waals surface area contributed by atoms with Gasteiger partial charge in [0.25, 0.3) is 5.91 Å². The van der Waals surface area contributed by atoms with Crippen molar-refractivity contribution < 1.29 is 18.4 Å². The highest BCUT2D eigenvalue weighted by molar-refractivity contribution is 7.03. The number of hydrogen-bond acceptors (Lipinski definition) is 6. The quantitative estimate of drug-likeness (QED) is 0.620. The Balaban J connectivity index is 1.74. The highest BCUT2D eigenvalue weighted by atomic mass is 32.1. The summed E-state index contributed by atoms with van der Waals surface area (Å²) in [6.07, 6.45) is 5.30. The summed E-state index contributed by atoms with van der Waals surface area (Å²) in [7, 11) is 0. The number of furan rings is 1. The summed E-state index contributed by atoms with van der Waals surface area (Å²) in [6.45, 7) is -0.0134. The third-order valence-corrected chi connectivity index (χ3v) is 5.71. The van der Waals surface area contributed by atoms with Gasteiger partial charge in [0, 0.05) is 17.0 Å². The van der Waals surface area contributed by atoms with Gasteiger partial charge in [-0.05, 0) is 42.6 Å². The molecule has 1 saturated carbocycles. The van der Waals surface area contributed by atoms with Crippen molar-refractivity contribution in [3.63, 3.8) is 0 Å². The van der Waals surface area contributed by atoms with Crippen LogP contribution in [-0.4, -0.2) is 32.3 Å². The first-order chi connectivity index (χ1) is 14.6. The molecule has 0 saturated heterocycles. The lowest BCUT2D eigenvalue weighted by Gasteiger charge is -2.31. The van der Waals surface area contributed by atoms with Gasteiger partial charge in [0.15, 0.2) is 5.69 Å². The molecule has 1 aliphatic rings. The Morgan fingerprint density at radius 2 is 2.03 bits per heavy atom. The average molecular weight is 428 g/mol. The van der Waals surface area contributed by atoms with Crippen LogP contribution >= 0.6 is 11.5 Å². The Labute approximate surface area is 177 Å². The number of hydrogen-bond donors (Lipinski definition) is 1. The molecule has 7 nitrogen and oxygen atoms in total. The zero-order chi connectivity index (χ0) is 20.9. The maximum atomic E-state index is 14.8. The molecule has 156 valence electrons. The molecular formula is C21H21FN4O3S. The number of aromatic nitrogens is 2. The van der Waals surface area contributed by atoms with E-state index in [0.29, 0.717) is 5.76 Å². The minimum Gasteiger partial charge on any atom is -0.467 e. The van der Waals surface area contributed by atoms with Gasteiger partial charge in [0.05, 0.1) is 12.8 Å². The highest BCUT2D eigenvalue weighted by Gasteiger charge is 2.36. The van der Waals surface area contributed by atoms with Crippen LogP contribution in [0, 0.1) is 5.82 Å². The molecule has 1 unspecified atom stereocenters. The van der Waals surface area contributed by atoms with Crippen LogP contribution in [0.2, 0.25) is 0 Å². The predicted molar refractivity (Wildman–Crippen MR) is 108 cm³/mol. The van der Waals surface area contributed by atoms with Crippen molar-refractivity contribution in [1.82, 2.24) is 19.8 Å². The Hall–Kier alpha value is -3.07. The van der Waals surface area contributed by atoms with E-state index in [-0.39, 0.29) is 23.8 Å². The molecule has 9 heteroatoms. The zero-order valence-electron chi connectivity index (χ0n) is 16.2. The Morgan fingerprint density at radius 3 is 2.70 bits per heavy atom. The molecule has 2 amide bonds. The summed E-state index contributed by atoms with van der Waals surface area (Å²) in [5.74, 6) is -1.02. The monoisotopic (exact) mass is 428 g/mol. The van der Waals surface area contributed by atoms with E-state index in [0.717, 1.165) is 37.2 Å². The van der Waals surface area contributed by atoms with Gasteiger partial charge in [0.2, 0.25) is 5.91 Å². The summed E-state index contributed by atoms with van der Waals surface area (Å²) >= 11 is 1.03. The topological polar surface area (TPSA) is 88.3 Å². The maximum absolute atomic E-state index is 14.8. The fourth-order valence-corrected chi connectivity index (χ4v) is 4.18. The van der Waals surface area contributed by atoms with Gasteiger partial charge >= 0.3 is 0 Å². The fourth-order valence-electron chi connectivity index (χ4n) is 3.75. The van der Waals surface area contributed by atoms with Crippen LogP contribution in [-0.2, 0) is 11.3 Å². The standard InChI is InChI=1S/C21H21FN4O3S/c22-17-10-4-3-9-16(17)19(20(27)23-14-6-1-2-7-14)26(12-15-8-5-11-29-15)21(28)18-13-30-25-24-18/h3-5,8-11,13-14,19H,1-2,6-7,12H2,(H,23,27). The summed E-state index contributed by atoms with van der Waals surface area (Å²) in [5.41, 5.74) is 0.220. The third-order valence-electron chi connectivity index (χ3n) is 5.21.